The van der Waals surface area contributed by atoms with Gasteiger partial charge in [-0.25, -0.2) is 0 Å². The number of Topliss-reactive ketones (excluding diaryl/α,β-unsaturated/α-hetero) is 2. The Kier molecular flexibility index (Phi) is 5.65. The Labute approximate surface area is 169 Å². The van der Waals surface area contributed by atoms with Crippen molar-refractivity contribution in [2.75, 3.05) is 0 Å². The van der Waals surface area contributed by atoms with E-state index < -0.39 is 35.6 Å². The molecule has 5 nitrogen and oxygen atoms in total. The minimum absolute atomic E-state index is 0.0432. The van der Waals surface area contributed by atoms with Crippen LogP contribution in [-0.4, -0.2) is 44.9 Å². The summed E-state index contributed by atoms with van der Waals surface area (Å²) < 4.78 is 5.78. The van der Waals surface area contributed by atoms with Crippen LogP contribution in [0.5, 0.6) is 0 Å². The lowest BCUT2D eigenvalue weighted by Gasteiger charge is -2.59. The van der Waals surface area contributed by atoms with Crippen LogP contribution in [-0.2, 0) is 14.3 Å². The summed E-state index contributed by atoms with van der Waals surface area (Å²) in [6.45, 7) is 11.1. The fourth-order valence-electron chi connectivity index (χ4n) is 6.03. The second kappa shape index (κ2) is 7.27. The van der Waals surface area contributed by atoms with Crippen LogP contribution >= 0.6 is 15.9 Å². The van der Waals surface area contributed by atoms with E-state index in [4.69, 9.17) is 4.74 Å². The van der Waals surface area contributed by atoms with Crippen LogP contribution in [0, 0.1) is 35.0 Å². The number of hydrogen-bond donors (Lipinski definition) is 2. The SMILES string of the molecule is C=C1OC2C1CCC(C)C2(C(C)=O)C(O)C(O)C1C(C)CC(Br)C(=O)C1C. The highest BCUT2D eigenvalue weighted by atomic mass is 79.9. The molecule has 0 bridgehead atoms. The Morgan fingerprint density at radius 1 is 1.30 bits per heavy atom. The van der Waals surface area contributed by atoms with Gasteiger partial charge in [0.1, 0.15) is 17.7 Å². The minimum atomic E-state index is -1.28. The van der Waals surface area contributed by atoms with E-state index in [1.807, 2.05) is 20.8 Å². The van der Waals surface area contributed by atoms with Gasteiger partial charge < -0.3 is 14.9 Å². The first-order chi connectivity index (χ1) is 12.5. The molecule has 0 amide bonds. The van der Waals surface area contributed by atoms with Gasteiger partial charge in [0, 0.05) is 5.92 Å². The molecule has 0 spiro atoms. The first-order valence-corrected chi connectivity index (χ1v) is 10.9. The van der Waals surface area contributed by atoms with Gasteiger partial charge in [-0.05, 0) is 43.9 Å². The first kappa shape index (κ1) is 21.0. The van der Waals surface area contributed by atoms with E-state index in [0.29, 0.717) is 12.2 Å². The van der Waals surface area contributed by atoms with Crippen LogP contribution in [0.1, 0.15) is 47.0 Å². The average molecular weight is 443 g/mol. The highest BCUT2D eigenvalue weighted by molar-refractivity contribution is 9.10. The van der Waals surface area contributed by atoms with Gasteiger partial charge in [-0.2, -0.15) is 0 Å². The quantitative estimate of drug-likeness (QED) is 0.653. The van der Waals surface area contributed by atoms with Crippen molar-refractivity contribution in [2.24, 2.45) is 35.0 Å². The zero-order valence-corrected chi connectivity index (χ0v) is 18.1. The van der Waals surface area contributed by atoms with E-state index >= 15 is 0 Å². The highest BCUT2D eigenvalue weighted by Crippen LogP contribution is 2.57. The van der Waals surface area contributed by atoms with Crippen LogP contribution in [0.3, 0.4) is 0 Å². The molecule has 27 heavy (non-hydrogen) atoms. The van der Waals surface area contributed by atoms with Crippen molar-refractivity contribution in [2.45, 2.75) is 70.1 Å². The highest BCUT2D eigenvalue weighted by Gasteiger charge is 2.65. The zero-order chi connectivity index (χ0) is 20.3. The number of carbonyl (C=O) groups is 2. The van der Waals surface area contributed by atoms with Crippen molar-refractivity contribution in [1.29, 1.82) is 0 Å². The normalized spacial score (nSPS) is 46.7. The molecule has 2 aliphatic carbocycles. The van der Waals surface area contributed by atoms with Crippen LogP contribution in [0.15, 0.2) is 12.3 Å². The first-order valence-electron chi connectivity index (χ1n) is 9.95. The van der Waals surface area contributed by atoms with E-state index in [9.17, 15) is 19.8 Å². The van der Waals surface area contributed by atoms with Crippen molar-refractivity contribution < 1.29 is 24.5 Å². The van der Waals surface area contributed by atoms with Crippen LogP contribution < -0.4 is 0 Å². The number of fused-ring (bicyclic) bond motifs is 1. The lowest BCUT2D eigenvalue weighted by molar-refractivity contribution is -0.228. The molecular formula is C21H31BrO5. The van der Waals surface area contributed by atoms with Gasteiger partial charge in [-0.3, -0.25) is 9.59 Å². The van der Waals surface area contributed by atoms with Gasteiger partial charge in [0.05, 0.1) is 34.1 Å². The molecule has 0 radical (unpaired) electrons. The summed E-state index contributed by atoms with van der Waals surface area (Å²) in [5, 5.41) is 22.6. The van der Waals surface area contributed by atoms with Crippen LogP contribution in [0.2, 0.25) is 0 Å². The maximum Gasteiger partial charge on any atom is 0.149 e. The van der Waals surface area contributed by atoms with Gasteiger partial charge in [-0.1, -0.05) is 43.3 Å². The Bertz CT molecular complexity index is 648. The molecule has 2 saturated carbocycles. The number of rotatable bonds is 4. The molecule has 10 unspecified atom stereocenters. The van der Waals surface area contributed by atoms with Gasteiger partial charge in [0.2, 0.25) is 0 Å². The Morgan fingerprint density at radius 2 is 1.93 bits per heavy atom. The predicted molar refractivity (Wildman–Crippen MR) is 105 cm³/mol. The molecule has 1 aliphatic heterocycles. The molecular weight excluding hydrogens is 412 g/mol. The predicted octanol–water partition coefficient (Wildman–Crippen LogP) is 2.87. The molecule has 1 heterocycles. The van der Waals surface area contributed by atoms with Crippen molar-refractivity contribution >= 4 is 27.5 Å². The molecule has 3 rings (SSSR count). The molecule has 10 atom stereocenters. The number of alkyl halides is 1. The largest absolute Gasteiger partial charge is 0.493 e. The third-order valence-corrected chi connectivity index (χ3v) is 8.47. The van der Waals surface area contributed by atoms with E-state index in [0.717, 1.165) is 12.8 Å². The monoisotopic (exact) mass is 442 g/mol. The molecule has 2 N–H and O–H groups in total. The van der Waals surface area contributed by atoms with Gasteiger partial charge >= 0.3 is 0 Å². The Hall–Kier alpha value is -0.720. The standard InChI is InChI=1S/C21H31BrO5/c1-9-8-15(22)17(24)11(3)16(9)18(25)19(26)21(13(5)23)10(2)6-7-14-12(4)27-20(14)21/h9-11,14-16,18-20,25-26H,4,6-8H2,1-3,5H3. The van der Waals surface area contributed by atoms with Crippen molar-refractivity contribution in [3.8, 4) is 0 Å². The summed E-state index contributed by atoms with van der Waals surface area (Å²) in [7, 11) is 0. The molecule has 3 aliphatic rings. The van der Waals surface area contributed by atoms with E-state index in [-0.39, 0.29) is 34.1 Å². The number of hydrogen-bond acceptors (Lipinski definition) is 5. The third-order valence-electron chi connectivity index (χ3n) is 7.64. The molecule has 1 saturated heterocycles. The van der Waals surface area contributed by atoms with Crippen molar-refractivity contribution in [1.82, 2.24) is 0 Å². The molecule has 0 aromatic carbocycles. The van der Waals surface area contributed by atoms with Gasteiger partial charge in [0.25, 0.3) is 0 Å². The lowest BCUT2D eigenvalue weighted by Crippen LogP contribution is -2.68. The van der Waals surface area contributed by atoms with Gasteiger partial charge in [0.15, 0.2) is 0 Å². The number of halogens is 1. The summed E-state index contributed by atoms with van der Waals surface area (Å²) in [5.74, 6) is -0.274. The van der Waals surface area contributed by atoms with Crippen molar-refractivity contribution in [3.63, 3.8) is 0 Å². The van der Waals surface area contributed by atoms with Crippen molar-refractivity contribution in [3.05, 3.63) is 12.3 Å². The Morgan fingerprint density at radius 3 is 2.48 bits per heavy atom. The molecule has 6 heteroatoms. The van der Waals surface area contributed by atoms with Gasteiger partial charge in [-0.15, -0.1) is 0 Å². The maximum atomic E-state index is 12.9. The number of carbonyl (C=O) groups excluding carboxylic acids is 2. The fraction of sp³-hybridized carbons (Fsp3) is 0.810. The summed E-state index contributed by atoms with van der Waals surface area (Å²) in [6.07, 6.45) is -0.639. The summed E-state index contributed by atoms with van der Waals surface area (Å²) in [6, 6.07) is 0. The number of aliphatic hydroxyl groups is 2. The minimum Gasteiger partial charge on any atom is -0.493 e. The molecule has 0 aromatic rings. The molecule has 0 aromatic heterocycles. The fourth-order valence-corrected chi connectivity index (χ4v) is 7.04. The van der Waals surface area contributed by atoms with E-state index in [2.05, 4.69) is 22.5 Å². The smallest absolute Gasteiger partial charge is 0.149 e. The number of aliphatic hydroxyl groups excluding tert-OH is 2. The van der Waals surface area contributed by atoms with Crippen LogP contribution in [0.25, 0.3) is 0 Å². The molecule has 152 valence electrons. The van der Waals surface area contributed by atoms with E-state index in [1.54, 1.807) is 0 Å². The molecule has 3 fully saturated rings. The Balaban J connectivity index is 1.95. The third kappa shape index (κ3) is 2.94. The summed E-state index contributed by atoms with van der Waals surface area (Å²) >= 11 is 3.42. The zero-order valence-electron chi connectivity index (χ0n) is 16.5. The second-order valence-electron chi connectivity index (χ2n) is 8.96. The maximum absolute atomic E-state index is 12.9. The average Bonchev–Trinajstić information content (AvgIpc) is 2.58. The topological polar surface area (TPSA) is 83.8 Å². The number of ether oxygens (including phenoxy) is 1. The lowest BCUT2D eigenvalue weighted by atomic mass is 9.52. The van der Waals surface area contributed by atoms with Crippen LogP contribution in [0.4, 0.5) is 0 Å². The summed E-state index contributed by atoms with van der Waals surface area (Å²) in [4.78, 5) is 25.1. The summed E-state index contributed by atoms with van der Waals surface area (Å²) in [5.41, 5.74) is -1.17. The number of ketones is 2. The van der Waals surface area contributed by atoms with E-state index in [1.165, 1.54) is 6.92 Å². The second-order valence-corrected chi connectivity index (χ2v) is 10.1.